The molecule has 16 heavy (non-hydrogen) atoms. The van der Waals surface area contributed by atoms with Gasteiger partial charge in [0.1, 0.15) is 0 Å². The van der Waals surface area contributed by atoms with Crippen LogP contribution in [0.5, 0.6) is 0 Å². The highest BCUT2D eigenvalue weighted by Gasteiger charge is 2.34. The summed E-state index contributed by atoms with van der Waals surface area (Å²) in [6, 6.07) is 5.08. The van der Waals surface area contributed by atoms with Crippen LogP contribution in [0.4, 0.5) is 13.2 Å². The molecule has 0 bridgehead atoms. The molecular formula is C9H4F3IN2O. The van der Waals surface area contributed by atoms with E-state index in [2.05, 4.69) is 10.2 Å². The number of nitrogens with zero attached hydrogens (tertiary/aromatic N) is 2. The maximum absolute atomic E-state index is 12.6. The van der Waals surface area contributed by atoms with Crippen LogP contribution in [0.1, 0.15) is 5.56 Å². The average Bonchev–Trinajstić information content (AvgIpc) is 2.64. The molecule has 1 aromatic heterocycles. The van der Waals surface area contributed by atoms with Crippen molar-refractivity contribution in [2.45, 2.75) is 6.18 Å². The Morgan fingerprint density at radius 3 is 2.38 bits per heavy atom. The summed E-state index contributed by atoms with van der Waals surface area (Å²) in [5.41, 5.74) is -0.888. The second-order valence-electron chi connectivity index (χ2n) is 2.90. The maximum atomic E-state index is 12.6. The minimum absolute atomic E-state index is 0.106. The molecular weight excluding hydrogens is 336 g/mol. The van der Waals surface area contributed by atoms with Gasteiger partial charge < -0.3 is 4.42 Å². The summed E-state index contributed by atoms with van der Waals surface area (Å²) < 4.78 is 43.1. The lowest BCUT2D eigenvalue weighted by Crippen LogP contribution is -2.06. The largest absolute Gasteiger partial charge is 0.417 e. The normalized spacial score (nSPS) is 11.8. The smallest absolute Gasteiger partial charge is 0.412 e. The van der Waals surface area contributed by atoms with E-state index in [9.17, 15) is 13.2 Å². The summed E-state index contributed by atoms with van der Waals surface area (Å²) in [5, 5.41) is 7.05. The van der Waals surface area contributed by atoms with Crippen LogP contribution in [0.2, 0.25) is 0 Å². The molecule has 0 saturated heterocycles. The van der Waals surface area contributed by atoms with Gasteiger partial charge in [0.05, 0.1) is 11.1 Å². The molecule has 0 N–H and O–H groups in total. The van der Waals surface area contributed by atoms with Gasteiger partial charge in [-0.15, -0.1) is 10.2 Å². The molecule has 0 atom stereocenters. The summed E-state index contributed by atoms with van der Waals surface area (Å²) in [6.45, 7) is 0. The van der Waals surface area contributed by atoms with Crippen molar-refractivity contribution in [1.29, 1.82) is 0 Å². The molecule has 0 fully saturated rings. The Balaban J connectivity index is 2.57. The first-order chi connectivity index (χ1) is 7.48. The molecule has 2 rings (SSSR count). The van der Waals surface area contributed by atoms with Gasteiger partial charge in [0, 0.05) is 22.6 Å². The van der Waals surface area contributed by atoms with Crippen molar-refractivity contribution in [3.63, 3.8) is 0 Å². The quantitative estimate of drug-likeness (QED) is 0.748. The van der Waals surface area contributed by atoms with Crippen LogP contribution >= 0.6 is 22.6 Å². The molecule has 0 amide bonds. The van der Waals surface area contributed by atoms with Gasteiger partial charge in [0.25, 0.3) is 3.90 Å². The van der Waals surface area contributed by atoms with E-state index in [0.29, 0.717) is 0 Å². The third kappa shape index (κ3) is 2.18. The Hall–Kier alpha value is -1.12. The number of rotatable bonds is 1. The molecule has 3 nitrogen and oxygen atoms in total. The van der Waals surface area contributed by atoms with Crippen LogP contribution in [-0.2, 0) is 6.18 Å². The molecule has 1 aromatic carbocycles. The Kier molecular flexibility index (Phi) is 2.87. The maximum Gasteiger partial charge on any atom is 0.417 e. The Labute approximate surface area is 102 Å². The topological polar surface area (TPSA) is 38.9 Å². The van der Waals surface area contributed by atoms with Crippen molar-refractivity contribution >= 4 is 22.6 Å². The Bertz CT molecular complexity index is 509. The molecule has 0 radical (unpaired) electrons. The summed E-state index contributed by atoms with van der Waals surface area (Å²) >= 11 is 1.74. The monoisotopic (exact) mass is 340 g/mol. The van der Waals surface area contributed by atoms with E-state index in [0.717, 1.165) is 6.07 Å². The fourth-order valence-corrected chi connectivity index (χ4v) is 1.55. The first kappa shape index (κ1) is 11.4. The molecule has 1 heterocycles. The molecule has 0 saturated carbocycles. The lowest BCUT2D eigenvalue weighted by molar-refractivity contribution is -0.137. The third-order valence-electron chi connectivity index (χ3n) is 1.86. The summed E-state index contributed by atoms with van der Waals surface area (Å²) in [7, 11) is 0. The molecule has 0 aliphatic heterocycles. The summed E-state index contributed by atoms with van der Waals surface area (Å²) in [6.07, 6.45) is -4.43. The van der Waals surface area contributed by atoms with E-state index in [4.69, 9.17) is 4.42 Å². The summed E-state index contributed by atoms with van der Waals surface area (Å²) in [4.78, 5) is 0. The van der Waals surface area contributed by atoms with Crippen molar-refractivity contribution < 1.29 is 17.6 Å². The first-order valence-electron chi connectivity index (χ1n) is 4.14. The molecule has 0 aliphatic carbocycles. The predicted octanol–water partition coefficient (Wildman–Crippen LogP) is 3.36. The van der Waals surface area contributed by atoms with Crippen LogP contribution in [0.15, 0.2) is 28.7 Å². The molecule has 84 valence electrons. The number of hydrogen-bond donors (Lipinski definition) is 0. The van der Waals surface area contributed by atoms with Gasteiger partial charge in [-0.25, -0.2) is 0 Å². The fraction of sp³-hybridized carbons (Fsp3) is 0.111. The number of hydrogen-bond acceptors (Lipinski definition) is 3. The van der Waals surface area contributed by atoms with Gasteiger partial charge in [-0.05, 0) is 12.1 Å². The highest BCUT2D eigenvalue weighted by Crippen LogP contribution is 2.36. The molecule has 2 aromatic rings. The zero-order valence-electron chi connectivity index (χ0n) is 7.62. The van der Waals surface area contributed by atoms with E-state index in [1.54, 1.807) is 22.6 Å². The third-order valence-corrected chi connectivity index (χ3v) is 2.30. The van der Waals surface area contributed by atoms with Gasteiger partial charge in [0.15, 0.2) is 0 Å². The number of halogens is 4. The van der Waals surface area contributed by atoms with Crippen molar-refractivity contribution in [2.24, 2.45) is 0 Å². The van der Waals surface area contributed by atoms with Crippen LogP contribution in [-0.4, -0.2) is 10.2 Å². The van der Waals surface area contributed by atoms with Gasteiger partial charge in [-0.3, -0.25) is 0 Å². The van der Waals surface area contributed by atoms with Crippen molar-refractivity contribution in [2.75, 3.05) is 0 Å². The van der Waals surface area contributed by atoms with Gasteiger partial charge in [-0.2, -0.15) is 13.2 Å². The number of benzene rings is 1. The molecule has 7 heteroatoms. The lowest BCUT2D eigenvalue weighted by atomic mass is 10.1. The van der Waals surface area contributed by atoms with Crippen LogP contribution in [0.25, 0.3) is 11.5 Å². The van der Waals surface area contributed by atoms with E-state index in [1.807, 2.05) is 0 Å². The minimum Gasteiger partial charge on any atom is -0.412 e. The van der Waals surface area contributed by atoms with Crippen LogP contribution in [0, 0.1) is 3.90 Å². The van der Waals surface area contributed by atoms with Gasteiger partial charge in [0.2, 0.25) is 5.89 Å². The van der Waals surface area contributed by atoms with Crippen molar-refractivity contribution in [1.82, 2.24) is 10.2 Å². The van der Waals surface area contributed by atoms with E-state index in [1.165, 1.54) is 18.2 Å². The second kappa shape index (κ2) is 4.04. The molecule has 0 spiro atoms. The average molecular weight is 340 g/mol. The highest BCUT2D eigenvalue weighted by molar-refractivity contribution is 14.1. The Morgan fingerprint density at radius 2 is 1.81 bits per heavy atom. The molecule has 0 aliphatic rings. The zero-order valence-corrected chi connectivity index (χ0v) is 9.78. The van der Waals surface area contributed by atoms with Crippen molar-refractivity contribution in [3.8, 4) is 11.5 Å². The number of alkyl halides is 3. The van der Waals surface area contributed by atoms with E-state index >= 15 is 0 Å². The van der Waals surface area contributed by atoms with E-state index < -0.39 is 11.7 Å². The zero-order chi connectivity index (χ0) is 11.8. The second-order valence-corrected chi connectivity index (χ2v) is 3.83. The predicted molar refractivity (Wildman–Crippen MR) is 57.5 cm³/mol. The van der Waals surface area contributed by atoms with Gasteiger partial charge in [-0.1, -0.05) is 12.1 Å². The minimum atomic E-state index is -4.43. The highest BCUT2D eigenvalue weighted by atomic mass is 127. The summed E-state index contributed by atoms with van der Waals surface area (Å²) in [5.74, 6) is -0.127. The van der Waals surface area contributed by atoms with Crippen LogP contribution < -0.4 is 0 Å². The van der Waals surface area contributed by atoms with Crippen molar-refractivity contribution in [3.05, 3.63) is 33.7 Å². The SMILES string of the molecule is FC(F)(F)c1ccccc1-c1nnc(I)o1. The van der Waals surface area contributed by atoms with Gasteiger partial charge >= 0.3 is 6.18 Å². The molecule has 0 unspecified atom stereocenters. The fourth-order valence-electron chi connectivity index (χ4n) is 1.23. The van der Waals surface area contributed by atoms with E-state index in [-0.39, 0.29) is 15.4 Å². The number of aromatic nitrogens is 2. The first-order valence-corrected chi connectivity index (χ1v) is 5.22. The Morgan fingerprint density at radius 1 is 1.12 bits per heavy atom. The lowest BCUT2D eigenvalue weighted by Gasteiger charge is -2.09. The van der Waals surface area contributed by atoms with Crippen LogP contribution in [0.3, 0.4) is 0 Å². The standard InChI is InChI=1S/C9H4F3IN2O/c10-9(11,12)6-4-2-1-3-5(6)7-14-15-8(13)16-7/h1-4H.